The van der Waals surface area contributed by atoms with E-state index in [4.69, 9.17) is 0 Å². The highest BCUT2D eigenvalue weighted by atomic mass is 32.2. The largest absolute Gasteiger partial charge is 0.403 e. The first-order valence-electron chi connectivity index (χ1n) is 6.98. The summed E-state index contributed by atoms with van der Waals surface area (Å²) in [4.78, 5) is 7.27. The van der Waals surface area contributed by atoms with Gasteiger partial charge < -0.3 is 10.2 Å². The molecule has 1 saturated heterocycles. The Morgan fingerprint density at radius 3 is 2.23 bits per heavy atom. The third-order valence-electron chi connectivity index (χ3n) is 3.60. The molecule has 0 aromatic rings. The van der Waals surface area contributed by atoms with E-state index < -0.39 is 22.1 Å². The Kier molecular flexibility index (Phi) is 6.48. The highest BCUT2D eigenvalue weighted by molar-refractivity contribution is 7.90. The zero-order chi connectivity index (χ0) is 17.0. The molecule has 1 atom stereocenters. The van der Waals surface area contributed by atoms with Gasteiger partial charge in [-0.3, -0.25) is 9.89 Å². The van der Waals surface area contributed by atoms with Gasteiger partial charge in [0.05, 0.1) is 5.75 Å². The summed E-state index contributed by atoms with van der Waals surface area (Å²) in [7, 11) is -1.50. The fourth-order valence-corrected chi connectivity index (χ4v) is 2.68. The smallest absolute Gasteiger partial charge is 0.355 e. The van der Waals surface area contributed by atoms with Crippen LogP contribution < -0.4 is 5.32 Å². The molecular formula is C12H23F3N4O2S. The number of aliphatic imine (C=N–C) groups is 1. The number of rotatable bonds is 4. The van der Waals surface area contributed by atoms with Crippen LogP contribution in [0.25, 0.3) is 0 Å². The first kappa shape index (κ1) is 19.0. The molecule has 0 aliphatic carbocycles. The van der Waals surface area contributed by atoms with Crippen LogP contribution in [0, 0.1) is 0 Å². The van der Waals surface area contributed by atoms with Crippen LogP contribution in [0.15, 0.2) is 4.99 Å². The molecular weight excluding hydrogens is 321 g/mol. The Bertz CT molecular complexity index is 485. The molecule has 0 radical (unpaired) electrons. The van der Waals surface area contributed by atoms with Crippen LogP contribution in [0.5, 0.6) is 0 Å². The lowest BCUT2D eigenvalue weighted by molar-refractivity contribution is -0.181. The maximum atomic E-state index is 12.7. The van der Waals surface area contributed by atoms with E-state index in [0.29, 0.717) is 19.0 Å². The Morgan fingerprint density at radius 2 is 1.82 bits per heavy atom. The number of hydrogen-bond donors (Lipinski definition) is 1. The average molecular weight is 344 g/mol. The van der Waals surface area contributed by atoms with Gasteiger partial charge in [-0.25, -0.2) is 8.42 Å². The van der Waals surface area contributed by atoms with Crippen molar-refractivity contribution in [3.63, 3.8) is 0 Å². The van der Waals surface area contributed by atoms with E-state index in [9.17, 15) is 21.6 Å². The molecule has 1 unspecified atom stereocenters. The second kappa shape index (κ2) is 7.49. The Hall–Kier alpha value is -1.03. The first-order valence-corrected chi connectivity index (χ1v) is 9.04. The minimum Gasteiger partial charge on any atom is -0.355 e. The molecule has 0 aromatic carbocycles. The number of halogens is 3. The predicted molar refractivity (Wildman–Crippen MR) is 79.7 cm³/mol. The highest BCUT2D eigenvalue weighted by Crippen LogP contribution is 2.25. The summed E-state index contributed by atoms with van der Waals surface area (Å²) >= 11 is 0. The maximum Gasteiger partial charge on any atom is 0.403 e. The number of guanidine groups is 1. The molecule has 0 aromatic heterocycles. The Morgan fingerprint density at radius 1 is 1.27 bits per heavy atom. The number of sulfone groups is 1. The molecule has 130 valence electrons. The minimum atomic E-state index is -4.22. The number of nitrogens with zero attached hydrogens (tertiary/aromatic N) is 3. The second-order valence-electron chi connectivity index (χ2n) is 5.34. The summed E-state index contributed by atoms with van der Waals surface area (Å²) in [5.41, 5.74) is 0. The van der Waals surface area contributed by atoms with Crippen LogP contribution in [0.2, 0.25) is 0 Å². The van der Waals surface area contributed by atoms with E-state index in [-0.39, 0.29) is 25.4 Å². The third-order valence-corrected chi connectivity index (χ3v) is 4.55. The number of alkyl halides is 3. The van der Waals surface area contributed by atoms with Gasteiger partial charge >= 0.3 is 6.18 Å². The molecule has 1 aliphatic heterocycles. The zero-order valence-corrected chi connectivity index (χ0v) is 13.8. The fraction of sp³-hybridized carbons (Fsp3) is 0.917. The van der Waals surface area contributed by atoms with Crippen molar-refractivity contribution in [3.8, 4) is 0 Å². The Balaban J connectivity index is 2.48. The maximum absolute atomic E-state index is 12.7. The van der Waals surface area contributed by atoms with Gasteiger partial charge in [-0.2, -0.15) is 13.2 Å². The standard InChI is InChI=1S/C12H23F3N4O2S/c1-10(12(13,14)15)18-5-7-19(8-6-18)11(16-2)17-4-9-22(3,20)21/h10H,4-9H2,1-3H3,(H,16,17). The molecule has 0 amide bonds. The average Bonchev–Trinajstić information content (AvgIpc) is 2.41. The highest BCUT2D eigenvalue weighted by Gasteiger charge is 2.41. The van der Waals surface area contributed by atoms with E-state index >= 15 is 0 Å². The Labute approximate surface area is 129 Å². The minimum absolute atomic E-state index is 0.0168. The summed E-state index contributed by atoms with van der Waals surface area (Å²) < 4.78 is 60.2. The van der Waals surface area contributed by atoms with Crippen LogP contribution in [-0.2, 0) is 9.84 Å². The van der Waals surface area contributed by atoms with Gasteiger partial charge in [-0.05, 0) is 6.92 Å². The van der Waals surface area contributed by atoms with Gasteiger partial charge in [0.15, 0.2) is 5.96 Å². The summed E-state index contributed by atoms with van der Waals surface area (Å²) in [6.07, 6.45) is -3.08. The topological polar surface area (TPSA) is 65.0 Å². The predicted octanol–water partition coefficient (Wildman–Crippen LogP) is 0.175. The van der Waals surface area contributed by atoms with Gasteiger partial charge in [-0.1, -0.05) is 0 Å². The van der Waals surface area contributed by atoms with Crippen molar-refractivity contribution >= 4 is 15.8 Å². The van der Waals surface area contributed by atoms with Gasteiger partial charge in [0, 0.05) is 46.0 Å². The van der Waals surface area contributed by atoms with Crippen LogP contribution in [-0.4, -0.2) is 88.2 Å². The number of nitrogens with one attached hydrogen (secondary N) is 1. The molecule has 6 nitrogen and oxygen atoms in total. The van der Waals surface area contributed by atoms with E-state index in [1.54, 1.807) is 7.05 Å². The zero-order valence-electron chi connectivity index (χ0n) is 13.0. The molecule has 1 aliphatic rings. The molecule has 1 heterocycles. The van der Waals surface area contributed by atoms with E-state index in [0.717, 1.165) is 13.2 Å². The van der Waals surface area contributed by atoms with Crippen molar-refractivity contribution in [2.45, 2.75) is 19.1 Å². The lowest BCUT2D eigenvalue weighted by atomic mass is 10.2. The normalized spacial score (nSPS) is 20.1. The molecule has 10 heteroatoms. The first-order chi connectivity index (χ1) is 10.0. The summed E-state index contributed by atoms with van der Waals surface area (Å²) in [5, 5.41) is 2.93. The summed E-state index contributed by atoms with van der Waals surface area (Å²) in [5.74, 6) is 0.500. The number of piperazine rings is 1. The van der Waals surface area contributed by atoms with Crippen LogP contribution >= 0.6 is 0 Å². The van der Waals surface area contributed by atoms with E-state index in [1.807, 2.05) is 4.90 Å². The fourth-order valence-electron chi connectivity index (χ4n) is 2.21. The van der Waals surface area contributed by atoms with Gasteiger partial charge in [0.2, 0.25) is 0 Å². The second-order valence-corrected chi connectivity index (χ2v) is 7.60. The lowest BCUT2D eigenvalue weighted by Crippen LogP contribution is -2.57. The molecule has 1 N–H and O–H groups in total. The quantitative estimate of drug-likeness (QED) is 0.582. The van der Waals surface area contributed by atoms with Crippen molar-refractivity contribution in [2.24, 2.45) is 4.99 Å². The van der Waals surface area contributed by atoms with E-state index in [2.05, 4.69) is 10.3 Å². The van der Waals surface area contributed by atoms with Crippen molar-refractivity contribution in [3.05, 3.63) is 0 Å². The molecule has 0 bridgehead atoms. The number of hydrogen-bond acceptors (Lipinski definition) is 4. The van der Waals surface area contributed by atoms with E-state index in [1.165, 1.54) is 4.90 Å². The molecule has 1 rings (SSSR count). The van der Waals surface area contributed by atoms with Crippen molar-refractivity contribution < 1.29 is 21.6 Å². The molecule has 22 heavy (non-hydrogen) atoms. The SMILES string of the molecule is CN=C(NCCS(C)(=O)=O)N1CCN(C(C)C(F)(F)F)CC1. The molecule has 1 fully saturated rings. The van der Waals surface area contributed by atoms with Crippen LogP contribution in [0.3, 0.4) is 0 Å². The van der Waals surface area contributed by atoms with Crippen molar-refractivity contribution in [1.82, 2.24) is 15.1 Å². The van der Waals surface area contributed by atoms with Gasteiger partial charge in [0.1, 0.15) is 15.9 Å². The van der Waals surface area contributed by atoms with Crippen LogP contribution in [0.1, 0.15) is 6.92 Å². The van der Waals surface area contributed by atoms with Gasteiger partial charge in [0.25, 0.3) is 0 Å². The third kappa shape index (κ3) is 5.99. The monoisotopic (exact) mass is 344 g/mol. The van der Waals surface area contributed by atoms with Crippen molar-refractivity contribution in [2.75, 3.05) is 51.8 Å². The molecule has 0 saturated carbocycles. The lowest BCUT2D eigenvalue weighted by Gasteiger charge is -2.39. The van der Waals surface area contributed by atoms with Crippen molar-refractivity contribution in [1.29, 1.82) is 0 Å². The summed E-state index contributed by atoms with van der Waals surface area (Å²) in [6, 6.07) is -1.46. The summed E-state index contributed by atoms with van der Waals surface area (Å²) in [6.45, 7) is 2.79. The van der Waals surface area contributed by atoms with Crippen LogP contribution in [0.4, 0.5) is 13.2 Å². The van der Waals surface area contributed by atoms with Gasteiger partial charge in [-0.15, -0.1) is 0 Å². The molecule has 0 spiro atoms.